The monoisotopic (exact) mass is 335 g/mol. The molecule has 2 rings (SSSR count). The Hall–Kier alpha value is -2.48. The van der Waals surface area contributed by atoms with Gasteiger partial charge >= 0.3 is 0 Å². The molecule has 1 amide bonds. The minimum Gasteiger partial charge on any atom is -0.497 e. The summed E-state index contributed by atoms with van der Waals surface area (Å²) in [5.41, 5.74) is 0.879. The summed E-state index contributed by atoms with van der Waals surface area (Å²) < 4.78 is 10.3. The van der Waals surface area contributed by atoms with E-state index in [1.807, 2.05) is 0 Å². The second-order valence-electron chi connectivity index (χ2n) is 4.59. The Morgan fingerprint density at radius 3 is 2.74 bits per heavy atom. The zero-order valence-corrected chi connectivity index (χ0v) is 13.8. The number of carbonyl (C=O) groups is 1. The largest absolute Gasteiger partial charge is 0.497 e. The number of aromatic nitrogens is 2. The van der Waals surface area contributed by atoms with E-state index in [-0.39, 0.29) is 17.2 Å². The van der Waals surface area contributed by atoms with Crippen LogP contribution in [0.4, 0.5) is 5.69 Å². The summed E-state index contributed by atoms with van der Waals surface area (Å²) in [7, 11) is 3.07. The number of rotatable bonds is 6. The molecule has 0 radical (unpaired) electrons. The number of aryl methyl sites for hydroxylation is 1. The van der Waals surface area contributed by atoms with Gasteiger partial charge in [-0.3, -0.25) is 9.59 Å². The highest BCUT2D eigenvalue weighted by Gasteiger charge is 2.10. The van der Waals surface area contributed by atoms with Crippen LogP contribution in [0.25, 0.3) is 0 Å². The van der Waals surface area contributed by atoms with E-state index in [1.54, 1.807) is 32.2 Å². The van der Waals surface area contributed by atoms with Crippen LogP contribution in [0.5, 0.6) is 11.5 Å². The minimum atomic E-state index is -0.245. The van der Waals surface area contributed by atoms with Crippen LogP contribution in [-0.4, -0.2) is 35.8 Å². The third-order valence-electron chi connectivity index (χ3n) is 2.87. The highest BCUT2D eigenvalue weighted by molar-refractivity contribution is 7.99. The van der Waals surface area contributed by atoms with Gasteiger partial charge < -0.3 is 19.8 Å². The van der Waals surface area contributed by atoms with Crippen LogP contribution in [0.2, 0.25) is 0 Å². The number of anilines is 1. The lowest BCUT2D eigenvalue weighted by molar-refractivity contribution is -0.113. The number of benzene rings is 1. The van der Waals surface area contributed by atoms with Crippen LogP contribution < -0.4 is 20.3 Å². The van der Waals surface area contributed by atoms with Crippen molar-refractivity contribution in [3.05, 3.63) is 40.3 Å². The molecule has 7 nitrogen and oxygen atoms in total. The van der Waals surface area contributed by atoms with E-state index in [1.165, 1.54) is 13.2 Å². The lowest BCUT2D eigenvalue weighted by Gasteiger charge is -2.11. The second kappa shape index (κ2) is 7.68. The predicted molar refractivity (Wildman–Crippen MR) is 88.5 cm³/mol. The summed E-state index contributed by atoms with van der Waals surface area (Å²) in [6.45, 7) is 1.72. The standard InChI is InChI=1S/C15H17N3O4S/c1-9-6-13(19)18-15(16-9)23-8-14(20)17-11-7-10(21-2)4-5-12(11)22-3/h4-7H,8H2,1-3H3,(H,17,20)(H,16,18,19). The van der Waals surface area contributed by atoms with Gasteiger partial charge in [-0.15, -0.1) is 0 Å². The molecular weight excluding hydrogens is 318 g/mol. The van der Waals surface area contributed by atoms with Gasteiger partial charge in [0.2, 0.25) is 5.91 Å². The van der Waals surface area contributed by atoms with Crippen LogP contribution in [0.15, 0.2) is 34.2 Å². The molecule has 0 spiro atoms. The molecule has 1 aromatic heterocycles. The lowest BCUT2D eigenvalue weighted by atomic mass is 10.2. The van der Waals surface area contributed by atoms with Gasteiger partial charge in [-0.05, 0) is 19.1 Å². The number of hydrogen-bond donors (Lipinski definition) is 2. The Morgan fingerprint density at radius 1 is 1.30 bits per heavy atom. The van der Waals surface area contributed by atoms with Crippen molar-refractivity contribution in [3.63, 3.8) is 0 Å². The zero-order valence-electron chi connectivity index (χ0n) is 13.0. The van der Waals surface area contributed by atoms with Gasteiger partial charge in [0, 0.05) is 17.8 Å². The van der Waals surface area contributed by atoms with E-state index in [0.717, 1.165) is 11.8 Å². The van der Waals surface area contributed by atoms with E-state index in [0.29, 0.717) is 28.0 Å². The molecule has 8 heteroatoms. The summed E-state index contributed by atoms with van der Waals surface area (Å²) in [6.07, 6.45) is 0. The number of H-pyrrole nitrogens is 1. The van der Waals surface area contributed by atoms with Crippen LogP contribution >= 0.6 is 11.8 Å². The first-order valence-electron chi connectivity index (χ1n) is 6.74. The molecule has 0 fully saturated rings. The van der Waals surface area contributed by atoms with Gasteiger partial charge in [0.25, 0.3) is 5.56 Å². The first kappa shape index (κ1) is 16.9. The maximum absolute atomic E-state index is 12.1. The van der Waals surface area contributed by atoms with E-state index < -0.39 is 0 Å². The number of aromatic amines is 1. The second-order valence-corrected chi connectivity index (χ2v) is 5.56. The van der Waals surface area contributed by atoms with Crippen molar-refractivity contribution in [1.29, 1.82) is 0 Å². The van der Waals surface area contributed by atoms with E-state index in [9.17, 15) is 9.59 Å². The number of carbonyl (C=O) groups excluding carboxylic acids is 1. The summed E-state index contributed by atoms with van der Waals surface area (Å²) >= 11 is 1.15. The number of ether oxygens (including phenoxy) is 2. The maximum Gasteiger partial charge on any atom is 0.251 e. The fourth-order valence-corrected chi connectivity index (χ4v) is 2.57. The van der Waals surface area contributed by atoms with Crippen molar-refractivity contribution in [3.8, 4) is 11.5 Å². The average molecular weight is 335 g/mol. The van der Waals surface area contributed by atoms with Gasteiger partial charge in [-0.25, -0.2) is 4.98 Å². The summed E-state index contributed by atoms with van der Waals surface area (Å²) in [4.78, 5) is 30.2. The molecule has 122 valence electrons. The van der Waals surface area contributed by atoms with E-state index in [2.05, 4.69) is 15.3 Å². The highest BCUT2D eigenvalue weighted by Crippen LogP contribution is 2.29. The molecule has 0 unspecified atom stereocenters. The number of amides is 1. The Bertz CT molecular complexity index is 761. The van der Waals surface area contributed by atoms with Gasteiger partial charge in [0.05, 0.1) is 25.7 Å². The van der Waals surface area contributed by atoms with E-state index >= 15 is 0 Å². The van der Waals surface area contributed by atoms with Crippen molar-refractivity contribution in [1.82, 2.24) is 9.97 Å². The van der Waals surface area contributed by atoms with Gasteiger partial charge in [-0.1, -0.05) is 11.8 Å². The van der Waals surface area contributed by atoms with Crippen molar-refractivity contribution in [2.75, 3.05) is 25.3 Å². The van der Waals surface area contributed by atoms with Crippen molar-refractivity contribution in [2.45, 2.75) is 12.1 Å². The molecule has 1 heterocycles. The Morgan fingerprint density at radius 2 is 2.09 bits per heavy atom. The Kier molecular flexibility index (Phi) is 5.64. The summed E-state index contributed by atoms with van der Waals surface area (Å²) in [5.74, 6) is 1.00. The molecule has 0 bridgehead atoms. The SMILES string of the molecule is COc1ccc(OC)c(NC(=O)CSc2nc(C)cc(=O)[nH]2)c1. The molecule has 2 N–H and O–H groups in total. The first-order chi connectivity index (χ1) is 11.0. The normalized spacial score (nSPS) is 10.2. The fourth-order valence-electron chi connectivity index (χ4n) is 1.85. The molecule has 0 aliphatic heterocycles. The van der Waals surface area contributed by atoms with E-state index in [4.69, 9.17) is 9.47 Å². The van der Waals surface area contributed by atoms with Crippen LogP contribution in [0, 0.1) is 6.92 Å². The molecular formula is C15H17N3O4S. The lowest BCUT2D eigenvalue weighted by Crippen LogP contribution is -2.16. The third kappa shape index (κ3) is 4.75. The number of hydrogen-bond acceptors (Lipinski definition) is 6. The van der Waals surface area contributed by atoms with Crippen LogP contribution in [0.1, 0.15) is 5.69 Å². The average Bonchev–Trinajstić information content (AvgIpc) is 2.52. The maximum atomic E-state index is 12.1. The Balaban J connectivity index is 2.03. The van der Waals surface area contributed by atoms with Crippen LogP contribution in [0.3, 0.4) is 0 Å². The molecule has 0 aliphatic rings. The molecule has 0 saturated carbocycles. The molecule has 2 aromatic rings. The van der Waals surface area contributed by atoms with Gasteiger partial charge in [0.1, 0.15) is 11.5 Å². The van der Waals surface area contributed by atoms with Gasteiger partial charge in [0.15, 0.2) is 5.16 Å². The summed E-state index contributed by atoms with van der Waals surface area (Å²) in [5, 5.41) is 3.16. The quantitative estimate of drug-likeness (QED) is 0.618. The third-order valence-corrected chi connectivity index (χ3v) is 3.74. The van der Waals surface area contributed by atoms with Crippen molar-refractivity contribution < 1.29 is 14.3 Å². The number of methoxy groups -OCH3 is 2. The van der Waals surface area contributed by atoms with Crippen molar-refractivity contribution in [2.24, 2.45) is 0 Å². The summed E-state index contributed by atoms with van der Waals surface area (Å²) in [6, 6.07) is 6.52. The molecule has 0 saturated heterocycles. The molecule has 23 heavy (non-hydrogen) atoms. The number of thioether (sulfide) groups is 1. The molecule has 1 aromatic carbocycles. The predicted octanol–water partition coefficient (Wildman–Crippen LogP) is 1.83. The zero-order chi connectivity index (χ0) is 16.8. The Labute approximate surface area is 137 Å². The molecule has 0 aliphatic carbocycles. The van der Waals surface area contributed by atoms with Crippen LogP contribution in [-0.2, 0) is 4.79 Å². The minimum absolute atomic E-state index is 0.104. The van der Waals surface area contributed by atoms with Crippen molar-refractivity contribution >= 4 is 23.4 Å². The topological polar surface area (TPSA) is 93.3 Å². The van der Waals surface area contributed by atoms with Gasteiger partial charge in [-0.2, -0.15) is 0 Å². The smallest absolute Gasteiger partial charge is 0.251 e. The fraction of sp³-hybridized carbons (Fsp3) is 0.267. The molecule has 0 atom stereocenters. The first-order valence-corrected chi connectivity index (χ1v) is 7.73. The highest BCUT2D eigenvalue weighted by atomic mass is 32.2. The number of nitrogens with zero attached hydrogens (tertiary/aromatic N) is 1. The number of nitrogens with one attached hydrogen (secondary N) is 2.